The highest BCUT2D eigenvalue weighted by atomic mass is 16.5. The van der Waals surface area contributed by atoms with E-state index in [-0.39, 0.29) is 0 Å². The number of aromatic nitrogens is 3. The predicted octanol–water partition coefficient (Wildman–Crippen LogP) is 0.986. The van der Waals surface area contributed by atoms with E-state index in [1.807, 2.05) is 0 Å². The number of nitrogens with one attached hydrogen (secondary N) is 2. The van der Waals surface area contributed by atoms with Crippen LogP contribution in [0.15, 0.2) is 0 Å². The third kappa shape index (κ3) is 4.98. The molecule has 1 saturated heterocycles. The lowest BCUT2D eigenvalue weighted by atomic mass is 10.4. The standard InChI is InChI=1S/C13H25N7O/c1-2-9-21-10-5-6-15-11-16-12(19-14)18-13(17-11)20-7-3-4-8-20/h2-10,14H2,1H3,(H2,15,16,17,18,19). The van der Waals surface area contributed by atoms with E-state index < -0.39 is 0 Å². The van der Waals surface area contributed by atoms with Crippen molar-refractivity contribution in [1.82, 2.24) is 15.0 Å². The molecule has 0 unspecified atom stereocenters. The number of nitrogen functional groups attached to an aromatic ring is 1. The summed E-state index contributed by atoms with van der Waals surface area (Å²) in [5.41, 5.74) is 2.50. The fourth-order valence-corrected chi connectivity index (χ4v) is 2.19. The van der Waals surface area contributed by atoms with Gasteiger partial charge in [-0.15, -0.1) is 0 Å². The third-order valence-electron chi connectivity index (χ3n) is 3.24. The second-order valence-corrected chi connectivity index (χ2v) is 5.01. The maximum atomic E-state index is 5.44. The molecular weight excluding hydrogens is 270 g/mol. The summed E-state index contributed by atoms with van der Waals surface area (Å²) in [5.74, 6) is 7.04. The van der Waals surface area contributed by atoms with Gasteiger partial charge < -0.3 is 15.0 Å². The molecule has 0 aliphatic carbocycles. The van der Waals surface area contributed by atoms with Crippen LogP contribution in [-0.4, -0.2) is 47.8 Å². The van der Waals surface area contributed by atoms with Crippen molar-refractivity contribution in [2.75, 3.05) is 48.5 Å². The van der Waals surface area contributed by atoms with Crippen molar-refractivity contribution in [3.8, 4) is 0 Å². The summed E-state index contributed by atoms with van der Waals surface area (Å²) < 4.78 is 5.44. The molecule has 1 fully saturated rings. The summed E-state index contributed by atoms with van der Waals surface area (Å²) >= 11 is 0. The Hall–Kier alpha value is -1.67. The molecule has 0 spiro atoms. The lowest BCUT2D eigenvalue weighted by Crippen LogP contribution is -2.23. The smallest absolute Gasteiger partial charge is 0.243 e. The SMILES string of the molecule is CCCOCCCNc1nc(NN)nc(N2CCCC2)n1. The fraction of sp³-hybridized carbons (Fsp3) is 0.769. The van der Waals surface area contributed by atoms with Crippen LogP contribution in [0.1, 0.15) is 32.6 Å². The highest BCUT2D eigenvalue weighted by molar-refractivity contribution is 5.43. The van der Waals surface area contributed by atoms with Crippen molar-refractivity contribution in [1.29, 1.82) is 0 Å². The minimum absolute atomic E-state index is 0.386. The van der Waals surface area contributed by atoms with Crippen LogP contribution in [0, 0.1) is 0 Å². The van der Waals surface area contributed by atoms with Gasteiger partial charge in [0, 0.05) is 32.8 Å². The molecule has 8 nitrogen and oxygen atoms in total. The Morgan fingerprint density at radius 3 is 2.62 bits per heavy atom. The van der Waals surface area contributed by atoms with Gasteiger partial charge in [0.1, 0.15) is 0 Å². The first-order chi connectivity index (χ1) is 10.3. The molecule has 2 rings (SSSR count). The van der Waals surface area contributed by atoms with Gasteiger partial charge in [0.15, 0.2) is 0 Å². The number of hydrazine groups is 1. The van der Waals surface area contributed by atoms with Crippen molar-refractivity contribution in [2.45, 2.75) is 32.6 Å². The monoisotopic (exact) mass is 295 g/mol. The average Bonchev–Trinajstić information content (AvgIpc) is 3.05. The van der Waals surface area contributed by atoms with E-state index in [9.17, 15) is 0 Å². The lowest BCUT2D eigenvalue weighted by molar-refractivity contribution is 0.134. The molecule has 8 heteroatoms. The van der Waals surface area contributed by atoms with Gasteiger partial charge in [-0.3, -0.25) is 5.43 Å². The molecule has 4 N–H and O–H groups in total. The minimum Gasteiger partial charge on any atom is -0.381 e. The Balaban J connectivity index is 1.87. The molecule has 0 atom stereocenters. The van der Waals surface area contributed by atoms with E-state index in [4.69, 9.17) is 10.6 Å². The van der Waals surface area contributed by atoms with Crippen LogP contribution < -0.4 is 21.5 Å². The van der Waals surface area contributed by atoms with Gasteiger partial charge in [0.05, 0.1) is 0 Å². The normalized spacial score (nSPS) is 14.5. The molecule has 0 radical (unpaired) electrons. The van der Waals surface area contributed by atoms with E-state index in [2.05, 4.69) is 37.5 Å². The highest BCUT2D eigenvalue weighted by Gasteiger charge is 2.17. The Morgan fingerprint density at radius 1 is 1.14 bits per heavy atom. The Morgan fingerprint density at radius 2 is 1.90 bits per heavy atom. The topological polar surface area (TPSA) is 101 Å². The third-order valence-corrected chi connectivity index (χ3v) is 3.24. The first-order valence-corrected chi connectivity index (χ1v) is 7.62. The minimum atomic E-state index is 0.386. The molecule has 1 aromatic rings. The highest BCUT2D eigenvalue weighted by Crippen LogP contribution is 2.18. The number of anilines is 3. The Bertz CT molecular complexity index is 423. The van der Waals surface area contributed by atoms with Crippen LogP contribution in [0.2, 0.25) is 0 Å². The van der Waals surface area contributed by atoms with Crippen LogP contribution >= 0.6 is 0 Å². The molecule has 1 aromatic heterocycles. The fourth-order valence-electron chi connectivity index (χ4n) is 2.19. The first kappa shape index (κ1) is 15.7. The Kier molecular flexibility index (Phi) is 6.42. The molecule has 21 heavy (non-hydrogen) atoms. The molecule has 1 aliphatic heterocycles. The van der Waals surface area contributed by atoms with Crippen molar-refractivity contribution in [2.24, 2.45) is 5.84 Å². The maximum Gasteiger partial charge on any atom is 0.243 e. The summed E-state index contributed by atoms with van der Waals surface area (Å²) in [4.78, 5) is 15.1. The van der Waals surface area contributed by atoms with Crippen LogP contribution in [0.5, 0.6) is 0 Å². The van der Waals surface area contributed by atoms with Gasteiger partial charge in [-0.25, -0.2) is 5.84 Å². The molecule has 118 valence electrons. The molecule has 0 bridgehead atoms. The van der Waals surface area contributed by atoms with Crippen molar-refractivity contribution >= 4 is 17.8 Å². The van der Waals surface area contributed by atoms with Gasteiger partial charge in [-0.1, -0.05) is 6.92 Å². The van der Waals surface area contributed by atoms with E-state index in [0.717, 1.165) is 45.7 Å². The summed E-state index contributed by atoms with van der Waals surface area (Å²) in [6.07, 6.45) is 4.31. The van der Waals surface area contributed by atoms with Gasteiger partial charge in [0.2, 0.25) is 17.8 Å². The maximum absolute atomic E-state index is 5.44. The van der Waals surface area contributed by atoms with Gasteiger partial charge in [-0.05, 0) is 25.7 Å². The summed E-state index contributed by atoms with van der Waals surface area (Å²) in [7, 11) is 0. The van der Waals surface area contributed by atoms with E-state index >= 15 is 0 Å². The van der Waals surface area contributed by atoms with Gasteiger partial charge in [-0.2, -0.15) is 15.0 Å². The number of hydrogen-bond acceptors (Lipinski definition) is 8. The zero-order valence-electron chi connectivity index (χ0n) is 12.6. The molecule has 0 saturated carbocycles. The summed E-state index contributed by atoms with van der Waals surface area (Å²) in [6.45, 7) is 6.39. The Labute approximate surface area is 125 Å². The molecule has 0 amide bonds. The van der Waals surface area contributed by atoms with Crippen molar-refractivity contribution in [3.63, 3.8) is 0 Å². The molecule has 2 heterocycles. The summed E-state index contributed by atoms with van der Waals surface area (Å²) in [5, 5.41) is 3.20. The van der Waals surface area contributed by atoms with Crippen LogP contribution in [0.4, 0.5) is 17.8 Å². The molecule has 1 aliphatic rings. The summed E-state index contributed by atoms with van der Waals surface area (Å²) in [6, 6.07) is 0. The van der Waals surface area contributed by atoms with Crippen LogP contribution in [0.25, 0.3) is 0 Å². The van der Waals surface area contributed by atoms with Crippen LogP contribution in [0.3, 0.4) is 0 Å². The number of nitrogens with zero attached hydrogens (tertiary/aromatic N) is 4. The van der Waals surface area contributed by atoms with Gasteiger partial charge in [0.25, 0.3) is 0 Å². The zero-order chi connectivity index (χ0) is 14.9. The van der Waals surface area contributed by atoms with E-state index in [0.29, 0.717) is 17.8 Å². The average molecular weight is 295 g/mol. The second kappa shape index (κ2) is 8.58. The van der Waals surface area contributed by atoms with Gasteiger partial charge >= 0.3 is 0 Å². The lowest BCUT2D eigenvalue weighted by Gasteiger charge is -2.16. The quantitative estimate of drug-likeness (QED) is 0.352. The number of hydrogen-bond donors (Lipinski definition) is 3. The van der Waals surface area contributed by atoms with Crippen LogP contribution in [-0.2, 0) is 4.74 Å². The molecular formula is C13H25N7O. The number of nitrogens with two attached hydrogens (primary N) is 1. The van der Waals surface area contributed by atoms with E-state index in [1.54, 1.807) is 0 Å². The van der Waals surface area contributed by atoms with Crippen molar-refractivity contribution in [3.05, 3.63) is 0 Å². The molecule has 0 aromatic carbocycles. The van der Waals surface area contributed by atoms with Crippen molar-refractivity contribution < 1.29 is 4.74 Å². The zero-order valence-corrected chi connectivity index (χ0v) is 12.6. The second-order valence-electron chi connectivity index (χ2n) is 5.01. The number of rotatable bonds is 9. The largest absolute Gasteiger partial charge is 0.381 e. The number of ether oxygens (including phenoxy) is 1. The predicted molar refractivity (Wildman–Crippen MR) is 83.3 cm³/mol. The first-order valence-electron chi connectivity index (χ1n) is 7.62. The van der Waals surface area contributed by atoms with E-state index in [1.165, 1.54) is 12.8 Å².